The average molecular weight is 223 g/mol. The molecule has 0 amide bonds. The first-order valence-electron chi connectivity index (χ1n) is 5.66. The van der Waals surface area contributed by atoms with Crippen LogP contribution in [0.25, 0.3) is 0 Å². The van der Waals surface area contributed by atoms with Crippen molar-refractivity contribution in [2.75, 3.05) is 7.11 Å². The van der Waals surface area contributed by atoms with Crippen molar-refractivity contribution < 1.29 is 4.74 Å². The summed E-state index contributed by atoms with van der Waals surface area (Å²) >= 11 is 0. The lowest BCUT2D eigenvalue weighted by Crippen LogP contribution is -1.99. The van der Waals surface area contributed by atoms with Gasteiger partial charge in [-0.1, -0.05) is 48.5 Å². The van der Waals surface area contributed by atoms with E-state index in [9.17, 15) is 0 Å². The monoisotopic (exact) mass is 223 g/mol. The van der Waals surface area contributed by atoms with Gasteiger partial charge in [-0.2, -0.15) is 0 Å². The van der Waals surface area contributed by atoms with E-state index < -0.39 is 0 Å². The molecule has 2 heteroatoms. The van der Waals surface area contributed by atoms with Gasteiger partial charge in [0.25, 0.3) is 0 Å². The molecule has 0 aromatic heterocycles. The van der Waals surface area contributed by atoms with Crippen LogP contribution >= 0.6 is 0 Å². The van der Waals surface area contributed by atoms with Crippen molar-refractivity contribution in [3.63, 3.8) is 0 Å². The van der Waals surface area contributed by atoms with Gasteiger partial charge in [0.05, 0.1) is 7.11 Å². The Bertz CT molecular complexity index is 560. The van der Waals surface area contributed by atoms with E-state index in [-0.39, 0.29) is 6.04 Å². The maximum atomic E-state index is 5.34. The van der Waals surface area contributed by atoms with E-state index in [0.29, 0.717) is 0 Å². The van der Waals surface area contributed by atoms with Gasteiger partial charge in [0, 0.05) is 5.56 Å². The zero-order valence-electron chi connectivity index (χ0n) is 9.63. The van der Waals surface area contributed by atoms with Crippen molar-refractivity contribution in [3.8, 4) is 0 Å². The molecule has 1 aliphatic rings. The molecule has 0 radical (unpaired) electrons. The van der Waals surface area contributed by atoms with Gasteiger partial charge in [0.2, 0.25) is 5.90 Å². The molecular weight excluding hydrogens is 210 g/mol. The van der Waals surface area contributed by atoms with E-state index in [1.165, 1.54) is 11.1 Å². The van der Waals surface area contributed by atoms with Crippen molar-refractivity contribution in [1.29, 1.82) is 0 Å². The summed E-state index contributed by atoms with van der Waals surface area (Å²) in [7, 11) is 1.67. The Morgan fingerprint density at radius 2 is 1.65 bits per heavy atom. The maximum Gasteiger partial charge on any atom is 0.217 e. The SMILES string of the molecule is COC1=NC(c2ccccc2)c2ccccc21. The first kappa shape index (κ1) is 10.1. The fourth-order valence-electron chi connectivity index (χ4n) is 2.24. The van der Waals surface area contributed by atoms with Crippen LogP contribution < -0.4 is 0 Å². The molecule has 2 aromatic rings. The summed E-state index contributed by atoms with van der Waals surface area (Å²) in [6.45, 7) is 0. The van der Waals surface area contributed by atoms with Gasteiger partial charge in [0.1, 0.15) is 6.04 Å². The molecule has 0 spiro atoms. The molecular formula is C15H13NO. The van der Waals surface area contributed by atoms with E-state index in [1.807, 2.05) is 30.3 Å². The van der Waals surface area contributed by atoms with Crippen LogP contribution in [0.4, 0.5) is 0 Å². The molecule has 0 bridgehead atoms. The second-order valence-corrected chi connectivity index (χ2v) is 4.04. The second-order valence-electron chi connectivity index (χ2n) is 4.04. The lowest BCUT2D eigenvalue weighted by atomic mass is 9.98. The third-order valence-corrected chi connectivity index (χ3v) is 3.04. The molecule has 1 heterocycles. The van der Waals surface area contributed by atoms with Gasteiger partial charge in [-0.3, -0.25) is 0 Å². The fraction of sp³-hybridized carbons (Fsp3) is 0.133. The van der Waals surface area contributed by atoms with Gasteiger partial charge in [-0.05, 0) is 17.2 Å². The number of nitrogens with zero attached hydrogens (tertiary/aromatic N) is 1. The minimum atomic E-state index is 0.0716. The highest BCUT2D eigenvalue weighted by Crippen LogP contribution is 2.34. The second kappa shape index (κ2) is 4.06. The standard InChI is InChI=1S/C15H13NO/c1-17-15-13-10-6-5-9-12(13)14(16-15)11-7-3-2-4-8-11/h2-10,14H,1H3. The van der Waals surface area contributed by atoms with Crippen molar-refractivity contribution in [2.24, 2.45) is 4.99 Å². The number of hydrogen-bond acceptors (Lipinski definition) is 2. The molecule has 0 aliphatic carbocycles. The summed E-state index contributed by atoms with van der Waals surface area (Å²) in [5.41, 5.74) is 3.52. The number of fused-ring (bicyclic) bond motifs is 1. The molecule has 2 nitrogen and oxygen atoms in total. The Morgan fingerprint density at radius 1 is 0.941 bits per heavy atom. The van der Waals surface area contributed by atoms with Crippen LogP contribution in [0.5, 0.6) is 0 Å². The Labute approximate surface area is 101 Å². The number of hydrogen-bond donors (Lipinski definition) is 0. The summed E-state index contributed by atoms with van der Waals surface area (Å²) in [5.74, 6) is 0.731. The largest absolute Gasteiger partial charge is 0.481 e. The minimum Gasteiger partial charge on any atom is -0.481 e. The average Bonchev–Trinajstić information content (AvgIpc) is 2.78. The summed E-state index contributed by atoms with van der Waals surface area (Å²) in [4.78, 5) is 4.64. The van der Waals surface area contributed by atoms with Crippen molar-refractivity contribution in [3.05, 3.63) is 71.3 Å². The lowest BCUT2D eigenvalue weighted by molar-refractivity contribution is 0.404. The number of rotatable bonds is 1. The van der Waals surface area contributed by atoms with Crippen LogP contribution in [0.3, 0.4) is 0 Å². The first-order chi connectivity index (χ1) is 8.40. The summed E-state index contributed by atoms with van der Waals surface area (Å²) in [6, 6.07) is 18.6. The topological polar surface area (TPSA) is 21.6 Å². The number of methoxy groups -OCH3 is 1. The zero-order chi connectivity index (χ0) is 11.7. The molecule has 1 unspecified atom stereocenters. The lowest BCUT2D eigenvalue weighted by Gasteiger charge is -2.08. The van der Waals surface area contributed by atoms with Crippen molar-refractivity contribution in [2.45, 2.75) is 6.04 Å². The highest BCUT2D eigenvalue weighted by atomic mass is 16.5. The van der Waals surface area contributed by atoms with Crippen LogP contribution in [0, 0.1) is 0 Å². The maximum absolute atomic E-state index is 5.34. The molecule has 2 aromatic carbocycles. The van der Waals surface area contributed by atoms with Crippen LogP contribution in [0.1, 0.15) is 22.7 Å². The van der Waals surface area contributed by atoms with E-state index in [2.05, 4.69) is 29.3 Å². The van der Waals surface area contributed by atoms with Crippen LogP contribution in [-0.2, 0) is 4.74 Å². The highest BCUT2D eigenvalue weighted by molar-refractivity contribution is 5.98. The number of aliphatic imine (C=N–C) groups is 1. The van der Waals surface area contributed by atoms with Crippen molar-refractivity contribution in [1.82, 2.24) is 0 Å². The molecule has 3 rings (SSSR count). The summed E-state index contributed by atoms with van der Waals surface area (Å²) < 4.78 is 5.34. The van der Waals surface area contributed by atoms with E-state index in [0.717, 1.165) is 11.5 Å². The number of ether oxygens (including phenoxy) is 1. The van der Waals surface area contributed by atoms with Gasteiger partial charge in [-0.15, -0.1) is 0 Å². The summed E-state index contributed by atoms with van der Waals surface area (Å²) in [5, 5.41) is 0. The molecule has 0 saturated heterocycles. The predicted octanol–water partition coefficient (Wildman–Crippen LogP) is 3.18. The summed E-state index contributed by atoms with van der Waals surface area (Å²) in [6.07, 6.45) is 0. The first-order valence-corrected chi connectivity index (χ1v) is 5.66. The Balaban J connectivity index is 2.12. The minimum absolute atomic E-state index is 0.0716. The van der Waals surface area contributed by atoms with Gasteiger partial charge < -0.3 is 4.74 Å². The predicted molar refractivity (Wildman–Crippen MR) is 68.3 cm³/mol. The van der Waals surface area contributed by atoms with E-state index in [1.54, 1.807) is 7.11 Å². The third kappa shape index (κ3) is 1.62. The quantitative estimate of drug-likeness (QED) is 0.727. The molecule has 0 fully saturated rings. The van der Waals surface area contributed by atoms with Crippen LogP contribution in [-0.4, -0.2) is 13.0 Å². The molecule has 1 atom stereocenters. The highest BCUT2D eigenvalue weighted by Gasteiger charge is 2.26. The van der Waals surface area contributed by atoms with Gasteiger partial charge in [0.15, 0.2) is 0 Å². The molecule has 0 N–H and O–H groups in total. The normalized spacial score (nSPS) is 17.5. The smallest absolute Gasteiger partial charge is 0.217 e. The third-order valence-electron chi connectivity index (χ3n) is 3.04. The Kier molecular flexibility index (Phi) is 2.41. The van der Waals surface area contributed by atoms with Crippen molar-refractivity contribution >= 4 is 5.90 Å². The van der Waals surface area contributed by atoms with Crippen LogP contribution in [0.2, 0.25) is 0 Å². The molecule has 84 valence electrons. The van der Waals surface area contributed by atoms with Crippen LogP contribution in [0.15, 0.2) is 59.6 Å². The molecule has 17 heavy (non-hydrogen) atoms. The molecule has 0 saturated carbocycles. The zero-order valence-corrected chi connectivity index (χ0v) is 9.63. The fourth-order valence-corrected chi connectivity index (χ4v) is 2.24. The number of benzene rings is 2. The van der Waals surface area contributed by atoms with Gasteiger partial charge >= 0.3 is 0 Å². The Hall–Kier alpha value is -2.09. The van der Waals surface area contributed by atoms with E-state index >= 15 is 0 Å². The Morgan fingerprint density at radius 3 is 2.41 bits per heavy atom. The molecule has 1 aliphatic heterocycles. The van der Waals surface area contributed by atoms with E-state index in [4.69, 9.17) is 4.74 Å². The van der Waals surface area contributed by atoms with Gasteiger partial charge in [-0.25, -0.2) is 4.99 Å².